The topological polar surface area (TPSA) is 46.0 Å². The Kier molecular flexibility index (Phi) is 4.87. The fourth-order valence-electron chi connectivity index (χ4n) is 2.05. The molecule has 1 N–H and O–H groups in total. The number of nitrogens with zero attached hydrogens (tertiary/aromatic N) is 4. The van der Waals surface area contributed by atoms with Crippen molar-refractivity contribution in [1.29, 1.82) is 0 Å². The lowest BCUT2D eigenvalue weighted by Crippen LogP contribution is -2.55. The highest BCUT2D eigenvalue weighted by Gasteiger charge is 2.31. The first-order chi connectivity index (χ1) is 8.30. The van der Waals surface area contributed by atoms with Gasteiger partial charge in [0, 0.05) is 24.0 Å². The molecule has 18 heavy (non-hydrogen) atoms. The van der Waals surface area contributed by atoms with Crippen molar-refractivity contribution in [3.8, 4) is 0 Å². The van der Waals surface area contributed by atoms with E-state index in [4.69, 9.17) is 0 Å². The van der Waals surface area contributed by atoms with Gasteiger partial charge in [0.15, 0.2) is 0 Å². The van der Waals surface area contributed by atoms with Crippen LogP contribution in [0.3, 0.4) is 0 Å². The highest BCUT2D eigenvalue weighted by molar-refractivity contribution is 4.99. The molecule has 1 unspecified atom stereocenters. The summed E-state index contributed by atoms with van der Waals surface area (Å²) in [4.78, 5) is 6.63. The Bertz CT molecular complexity index is 367. The van der Waals surface area contributed by atoms with E-state index >= 15 is 0 Å². The molecule has 1 heterocycles. The molecule has 5 heteroatoms. The van der Waals surface area contributed by atoms with E-state index in [9.17, 15) is 0 Å². The average Bonchev–Trinajstić information content (AvgIpc) is 2.73. The van der Waals surface area contributed by atoms with Gasteiger partial charge in [-0.15, -0.1) is 0 Å². The van der Waals surface area contributed by atoms with Gasteiger partial charge < -0.3 is 10.2 Å². The summed E-state index contributed by atoms with van der Waals surface area (Å²) in [5, 5.41) is 7.70. The lowest BCUT2D eigenvalue weighted by Gasteiger charge is -2.40. The molecule has 0 aliphatic carbocycles. The third-order valence-electron chi connectivity index (χ3n) is 3.88. The lowest BCUT2D eigenvalue weighted by molar-refractivity contribution is 0.139. The van der Waals surface area contributed by atoms with Crippen molar-refractivity contribution in [2.45, 2.75) is 51.7 Å². The highest BCUT2D eigenvalue weighted by atomic mass is 15.3. The first-order valence-corrected chi connectivity index (χ1v) is 6.53. The second-order valence-corrected chi connectivity index (χ2v) is 5.81. The van der Waals surface area contributed by atoms with Crippen LogP contribution in [0.25, 0.3) is 0 Å². The zero-order chi connectivity index (χ0) is 13.9. The Morgan fingerprint density at radius 3 is 2.44 bits per heavy atom. The maximum absolute atomic E-state index is 4.39. The molecule has 0 spiro atoms. The van der Waals surface area contributed by atoms with E-state index in [1.807, 2.05) is 11.7 Å². The van der Waals surface area contributed by atoms with Crippen molar-refractivity contribution in [2.75, 3.05) is 21.1 Å². The molecule has 0 saturated carbocycles. The first-order valence-electron chi connectivity index (χ1n) is 6.53. The fraction of sp³-hybridized carbons (Fsp3) is 0.846. The van der Waals surface area contributed by atoms with Gasteiger partial charge in [-0.25, -0.2) is 9.67 Å². The van der Waals surface area contributed by atoms with Crippen LogP contribution in [-0.4, -0.2) is 52.4 Å². The number of nitrogens with one attached hydrogen (secondary N) is 1. The van der Waals surface area contributed by atoms with E-state index in [2.05, 4.69) is 62.1 Å². The quantitative estimate of drug-likeness (QED) is 0.831. The first kappa shape index (κ1) is 15.1. The largest absolute Gasteiger partial charge is 0.315 e. The Balaban J connectivity index is 2.90. The summed E-state index contributed by atoms with van der Waals surface area (Å²) in [5.74, 6) is 1.04. The molecule has 1 aromatic rings. The number of likely N-dealkylation sites (N-methyl/N-ethyl adjacent to an activating group) is 2. The van der Waals surface area contributed by atoms with E-state index in [0.29, 0.717) is 12.1 Å². The van der Waals surface area contributed by atoms with E-state index in [-0.39, 0.29) is 5.54 Å². The Morgan fingerprint density at radius 1 is 1.39 bits per heavy atom. The summed E-state index contributed by atoms with van der Waals surface area (Å²) in [6.45, 7) is 8.74. The molecule has 0 aliphatic heterocycles. The highest BCUT2D eigenvalue weighted by Crippen LogP contribution is 2.19. The van der Waals surface area contributed by atoms with Gasteiger partial charge in [-0.05, 0) is 48.8 Å². The van der Waals surface area contributed by atoms with Crippen LogP contribution >= 0.6 is 0 Å². The molecule has 1 aromatic heterocycles. The molecule has 0 amide bonds. The van der Waals surface area contributed by atoms with E-state index in [1.165, 1.54) is 0 Å². The molecule has 0 saturated heterocycles. The van der Waals surface area contributed by atoms with Crippen molar-refractivity contribution in [3.63, 3.8) is 0 Å². The minimum Gasteiger partial charge on any atom is -0.315 e. The predicted molar refractivity (Wildman–Crippen MR) is 74.7 cm³/mol. The Morgan fingerprint density at radius 2 is 2.00 bits per heavy atom. The van der Waals surface area contributed by atoms with Crippen LogP contribution in [0.15, 0.2) is 6.33 Å². The molecular formula is C13H27N5. The summed E-state index contributed by atoms with van der Waals surface area (Å²) in [6, 6.07) is 0.677. The maximum Gasteiger partial charge on any atom is 0.138 e. The molecule has 0 fully saturated rings. The number of aromatic nitrogens is 3. The van der Waals surface area contributed by atoms with Crippen LogP contribution < -0.4 is 5.32 Å². The third kappa shape index (κ3) is 3.09. The molecule has 0 bridgehead atoms. The summed E-state index contributed by atoms with van der Waals surface area (Å²) >= 11 is 0. The number of hydrogen-bond acceptors (Lipinski definition) is 4. The van der Waals surface area contributed by atoms with Crippen molar-refractivity contribution in [1.82, 2.24) is 25.0 Å². The van der Waals surface area contributed by atoms with Gasteiger partial charge in [0.1, 0.15) is 12.2 Å². The van der Waals surface area contributed by atoms with Gasteiger partial charge in [0.2, 0.25) is 0 Å². The third-order valence-corrected chi connectivity index (χ3v) is 3.88. The van der Waals surface area contributed by atoms with E-state index in [1.54, 1.807) is 6.33 Å². The molecule has 1 atom stereocenters. The Hall–Kier alpha value is -0.940. The van der Waals surface area contributed by atoms with Gasteiger partial charge in [-0.2, -0.15) is 5.10 Å². The minimum absolute atomic E-state index is 0.0580. The molecule has 0 radical (unpaired) electrons. The molecular weight excluding hydrogens is 226 g/mol. The maximum atomic E-state index is 4.39. The summed E-state index contributed by atoms with van der Waals surface area (Å²) in [6.07, 6.45) is 2.52. The van der Waals surface area contributed by atoms with Crippen molar-refractivity contribution < 1.29 is 0 Å². The summed E-state index contributed by atoms with van der Waals surface area (Å²) in [5.41, 5.74) is 0.0580. The molecule has 5 nitrogen and oxygen atoms in total. The predicted octanol–water partition coefficient (Wildman–Crippen LogP) is 1.33. The standard InChI is InChI=1S/C13H27N5/c1-10(2)18-12(15-9-16-18)8-11(14-5)13(3,4)17(6)7/h9-11,14H,8H2,1-7H3. The monoisotopic (exact) mass is 253 g/mol. The van der Waals surface area contributed by atoms with E-state index in [0.717, 1.165) is 12.2 Å². The normalized spacial score (nSPS) is 14.5. The molecule has 104 valence electrons. The van der Waals surface area contributed by atoms with E-state index < -0.39 is 0 Å². The molecule has 1 rings (SSSR count). The smallest absolute Gasteiger partial charge is 0.138 e. The van der Waals surface area contributed by atoms with Gasteiger partial charge in [-0.1, -0.05) is 0 Å². The average molecular weight is 253 g/mol. The SMILES string of the molecule is CNC(Cc1ncnn1C(C)C)C(C)(C)N(C)C. The lowest BCUT2D eigenvalue weighted by atomic mass is 9.90. The van der Waals surface area contributed by atoms with Gasteiger partial charge in [0.05, 0.1) is 0 Å². The van der Waals surface area contributed by atoms with Crippen LogP contribution in [0.4, 0.5) is 0 Å². The van der Waals surface area contributed by atoms with Crippen LogP contribution in [0.5, 0.6) is 0 Å². The molecule has 0 aromatic carbocycles. The summed E-state index contributed by atoms with van der Waals surface area (Å²) in [7, 11) is 6.22. The molecule has 0 aliphatic rings. The summed E-state index contributed by atoms with van der Waals surface area (Å²) < 4.78 is 2.00. The van der Waals surface area contributed by atoms with Crippen LogP contribution in [0.2, 0.25) is 0 Å². The second-order valence-electron chi connectivity index (χ2n) is 5.81. The van der Waals surface area contributed by atoms with Crippen molar-refractivity contribution >= 4 is 0 Å². The van der Waals surface area contributed by atoms with Crippen molar-refractivity contribution in [2.24, 2.45) is 0 Å². The number of hydrogen-bond donors (Lipinski definition) is 1. The van der Waals surface area contributed by atoms with Gasteiger partial charge in [0.25, 0.3) is 0 Å². The zero-order valence-electron chi connectivity index (χ0n) is 12.7. The van der Waals surface area contributed by atoms with Gasteiger partial charge in [-0.3, -0.25) is 0 Å². The minimum atomic E-state index is 0.0580. The van der Waals surface area contributed by atoms with Gasteiger partial charge >= 0.3 is 0 Å². The Labute approximate surface area is 111 Å². The van der Waals surface area contributed by atoms with Crippen LogP contribution in [0, 0.1) is 0 Å². The van der Waals surface area contributed by atoms with Crippen LogP contribution in [0.1, 0.15) is 39.6 Å². The number of rotatable bonds is 6. The van der Waals surface area contributed by atoms with Crippen LogP contribution in [-0.2, 0) is 6.42 Å². The fourth-order valence-corrected chi connectivity index (χ4v) is 2.05. The zero-order valence-corrected chi connectivity index (χ0v) is 12.7. The van der Waals surface area contributed by atoms with Crippen molar-refractivity contribution in [3.05, 3.63) is 12.2 Å². The second kappa shape index (κ2) is 5.80.